The van der Waals surface area contributed by atoms with E-state index in [1.54, 1.807) is 0 Å². The van der Waals surface area contributed by atoms with Crippen LogP contribution in [0.2, 0.25) is 0 Å². The molecule has 94 valence electrons. The molecule has 0 aliphatic rings. The predicted octanol–water partition coefficient (Wildman–Crippen LogP) is 5.24. The molecule has 2 heteroatoms. The monoisotopic (exact) mass is 306 g/mol. The average Bonchev–Trinajstić information content (AvgIpc) is 2.28. The molecule has 0 aliphatic heterocycles. The van der Waals surface area contributed by atoms with Gasteiger partial charge in [-0.3, -0.25) is 0 Å². The van der Waals surface area contributed by atoms with Crippen molar-refractivity contribution in [2.75, 3.05) is 0 Å². The van der Waals surface area contributed by atoms with Crippen molar-refractivity contribution in [3.63, 3.8) is 0 Å². The molecule has 2 rings (SSSR count). The first-order valence-corrected chi connectivity index (χ1v) is 6.88. The summed E-state index contributed by atoms with van der Waals surface area (Å²) in [5, 5.41) is 0. The number of benzene rings is 2. The molecule has 0 spiro atoms. The van der Waals surface area contributed by atoms with Gasteiger partial charge in [-0.1, -0.05) is 45.8 Å². The van der Waals surface area contributed by atoms with E-state index < -0.39 is 0 Å². The van der Waals surface area contributed by atoms with Crippen molar-refractivity contribution in [2.24, 2.45) is 0 Å². The van der Waals surface area contributed by atoms with E-state index in [2.05, 4.69) is 48.8 Å². The first kappa shape index (κ1) is 13.3. The zero-order chi connectivity index (χ0) is 13.3. The fourth-order valence-electron chi connectivity index (χ4n) is 2.39. The van der Waals surface area contributed by atoms with Gasteiger partial charge < -0.3 is 0 Å². The van der Waals surface area contributed by atoms with Gasteiger partial charge in [-0.25, -0.2) is 4.39 Å². The number of hydrogen-bond donors (Lipinski definition) is 0. The lowest BCUT2D eigenvalue weighted by Gasteiger charge is -2.17. The van der Waals surface area contributed by atoms with Gasteiger partial charge in [-0.2, -0.15) is 0 Å². The number of alkyl halides is 1. The quantitative estimate of drug-likeness (QED) is 0.666. The van der Waals surface area contributed by atoms with E-state index in [9.17, 15) is 4.39 Å². The predicted molar refractivity (Wildman–Crippen MR) is 77.8 cm³/mol. The Labute approximate surface area is 116 Å². The summed E-state index contributed by atoms with van der Waals surface area (Å²) in [5.41, 5.74) is 6.14. The standard InChI is InChI=1S/C16H16BrF/c1-10-8-11(2)15(12(3)9-10)16(17)13-4-6-14(18)7-5-13/h4-9,16H,1-3H3. The van der Waals surface area contributed by atoms with E-state index in [0.29, 0.717) is 0 Å². The van der Waals surface area contributed by atoms with Crippen LogP contribution in [0, 0.1) is 26.6 Å². The highest BCUT2D eigenvalue weighted by molar-refractivity contribution is 9.09. The Morgan fingerprint density at radius 1 is 0.944 bits per heavy atom. The number of aryl methyl sites for hydroxylation is 3. The van der Waals surface area contributed by atoms with Crippen LogP contribution in [0.5, 0.6) is 0 Å². The molecule has 0 radical (unpaired) electrons. The Kier molecular flexibility index (Phi) is 3.86. The minimum Gasteiger partial charge on any atom is -0.207 e. The molecule has 0 saturated heterocycles. The van der Waals surface area contributed by atoms with Crippen LogP contribution in [0.3, 0.4) is 0 Å². The first-order chi connectivity index (χ1) is 8.49. The lowest BCUT2D eigenvalue weighted by molar-refractivity contribution is 0.627. The SMILES string of the molecule is Cc1cc(C)c(C(Br)c2ccc(F)cc2)c(C)c1. The Bertz CT molecular complexity index is 535. The lowest BCUT2D eigenvalue weighted by atomic mass is 9.94. The van der Waals surface area contributed by atoms with Crippen LogP contribution in [0.4, 0.5) is 4.39 Å². The zero-order valence-electron chi connectivity index (χ0n) is 10.8. The molecule has 0 fully saturated rings. The van der Waals surface area contributed by atoms with Gasteiger partial charge in [0.25, 0.3) is 0 Å². The molecule has 0 saturated carbocycles. The molecule has 2 aromatic rings. The van der Waals surface area contributed by atoms with Crippen molar-refractivity contribution < 1.29 is 4.39 Å². The van der Waals surface area contributed by atoms with Crippen LogP contribution in [0.25, 0.3) is 0 Å². The van der Waals surface area contributed by atoms with Crippen LogP contribution in [-0.2, 0) is 0 Å². The van der Waals surface area contributed by atoms with Gasteiger partial charge >= 0.3 is 0 Å². The molecular weight excluding hydrogens is 291 g/mol. The largest absolute Gasteiger partial charge is 0.207 e. The van der Waals surface area contributed by atoms with E-state index in [4.69, 9.17) is 0 Å². The number of rotatable bonds is 2. The molecule has 1 atom stereocenters. The molecule has 0 N–H and O–H groups in total. The summed E-state index contributed by atoms with van der Waals surface area (Å²) in [5.74, 6) is -0.198. The maximum atomic E-state index is 12.9. The van der Waals surface area contributed by atoms with E-state index >= 15 is 0 Å². The highest BCUT2D eigenvalue weighted by Gasteiger charge is 2.15. The molecular formula is C16H16BrF. The van der Waals surface area contributed by atoms with E-state index in [-0.39, 0.29) is 10.6 Å². The summed E-state index contributed by atoms with van der Waals surface area (Å²) in [6.07, 6.45) is 0. The molecule has 0 amide bonds. The molecule has 0 heterocycles. The van der Waals surface area contributed by atoms with Crippen LogP contribution >= 0.6 is 15.9 Å². The molecule has 0 bridgehead atoms. The van der Waals surface area contributed by atoms with Crippen molar-refractivity contribution in [2.45, 2.75) is 25.6 Å². The average molecular weight is 307 g/mol. The fourth-order valence-corrected chi connectivity index (χ4v) is 3.42. The van der Waals surface area contributed by atoms with Crippen molar-refractivity contribution >= 4 is 15.9 Å². The smallest absolute Gasteiger partial charge is 0.123 e. The molecule has 0 nitrogen and oxygen atoms in total. The van der Waals surface area contributed by atoms with E-state index in [0.717, 1.165) is 5.56 Å². The second kappa shape index (κ2) is 5.23. The second-order valence-electron chi connectivity index (χ2n) is 4.73. The van der Waals surface area contributed by atoms with Crippen molar-refractivity contribution in [1.82, 2.24) is 0 Å². The van der Waals surface area contributed by atoms with Crippen molar-refractivity contribution in [3.05, 3.63) is 70.0 Å². The van der Waals surface area contributed by atoms with Gasteiger partial charge in [-0.15, -0.1) is 0 Å². The lowest BCUT2D eigenvalue weighted by Crippen LogP contribution is -2.00. The third kappa shape index (κ3) is 2.64. The van der Waals surface area contributed by atoms with Gasteiger partial charge in [0.05, 0.1) is 4.83 Å². The van der Waals surface area contributed by atoms with E-state index in [1.807, 2.05) is 12.1 Å². The Morgan fingerprint density at radius 3 is 1.94 bits per heavy atom. The van der Waals surface area contributed by atoms with Gasteiger partial charge in [0.2, 0.25) is 0 Å². The molecule has 1 unspecified atom stereocenters. The van der Waals surface area contributed by atoms with Gasteiger partial charge in [-0.05, 0) is 55.2 Å². The Morgan fingerprint density at radius 2 is 1.44 bits per heavy atom. The van der Waals surface area contributed by atoms with Gasteiger partial charge in [0.15, 0.2) is 0 Å². The number of hydrogen-bond acceptors (Lipinski definition) is 0. The summed E-state index contributed by atoms with van der Waals surface area (Å²) >= 11 is 3.72. The Balaban J connectivity index is 2.46. The first-order valence-electron chi connectivity index (χ1n) is 5.96. The minimum absolute atomic E-state index is 0.110. The normalized spacial score (nSPS) is 12.5. The highest BCUT2D eigenvalue weighted by Crippen LogP contribution is 2.35. The van der Waals surface area contributed by atoms with Gasteiger partial charge in [0, 0.05) is 0 Å². The van der Waals surface area contributed by atoms with Crippen LogP contribution < -0.4 is 0 Å². The summed E-state index contributed by atoms with van der Waals surface area (Å²) in [7, 11) is 0. The Hall–Kier alpha value is -1.15. The molecule has 2 aromatic carbocycles. The summed E-state index contributed by atoms with van der Waals surface area (Å²) in [6, 6.07) is 11.0. The summed E-state index contributed by atoms with van der Waals surface area (Å²) in [6.45, 7) is 6.34. The van der Waals surface area contributed by atoms with Crippen LogP contribution in [-0.4, -0.2) is 0 Å². The van der Waals surface area contributed by atoms with Gasteiger partial charge in [0.1, 0.15) is 5.82 Å². The second-order valence-corrected chi connectivity index (χ2v) is 5.64. The van der Waals surface area contributed by atoms with Crippen LogP contribution in [0.1, 0.15) is 32.6 Å². The minimum atomic E-state index is -0.198. The summed E-state index contributed by atoms with van der Waals surface area (Å²) < 4.78 is 12.9. The third-order valence-electron chi connectivity index (χ3n) is 3.15. The van der Waals surface area contributed by atoms with Crippen molar-refractivity contribution in [3.8, 4) is 0 Å². The van der Waals surface area contributed by atoms with Crippen LogP contribution in [0.15, 0.2) is 36.4 Å². The zero-order valence-corrected chi connectivity index (χ0v) is 12.4. The maximum absolute atomic E-state index is 12.9. The fraction of sp³-hybridized carbons (Fsp3) is 0.250. The number of halogens is 2. The maximum Gasteiger partial charge on any atom is 0.123 e. The molecule has 0 aliphatic carbocycles. The third-order valence-corrected chi connectivity index (χ3v) is 4.14. The highest BCUT2D eigenvalue weighted by atomic mass is 79.9. The topological polar surface area (TPSA) is 0 Å². The van der Waals surface area contributed by atoms with E-state index in [1.165, 1.54) is 34.4 Å². The molecule has 0 aromatic heterocycles. The molecule has 18 heavy (non-hydrogen) atoms. The summed E-state index contributed by atoms with van der Waals surface area (Å²) in [4.78, 5) is 0.110. The van der Waals surface area contributed by atoms with Crippen molar-refractivity contribution in [1.29, 1.82) is 0 Å².